The lowest BCUT2D eigenvalue weighted by Gasteiger charge is -2.21. The van der Waals surface area contributed by atoms with Gasteiger partial charge in [-0.3, -0.25) is 4.79 Å². The van der Waals surface area contributed by atoms with E-state index in [4.69, 9.17) is 4.98 Å². The Morgan fingerprint density at radius 3 is 2.41 bits per heavy atom. The minimum Gasteiger partial charge on any atom is -0.508 e. The van der Waals surface area contributed by atoms with Crippen molar-refractivity contribution < 1.29 is 15.0 Å². The van der Waals surface area contributed by atoms with Crippen molar-refractivity contribution in [2.45, 2.75) is 33.2 Å². The third kappa shape index (κ3) is 5.81. The number of rotatable bonds is 9. The van der Waals surface area contributed by atoms with Crippen LogP contribution in [0.4, 0.5) is 5.13 Å². The molecule has 2 aromatic carbocycles. The lowest BCUT2D eigenvalue weighted by Crippen LogP contribution is -2.25. The van der Waals surface area contributed by atoms with E-state index < -0.39 is 5.97 Å². The van der Waals surface area contributed by atoms with Gasteiger partial charge in [0.15, 0.2) is 5.13 Å². The van der Waals surface area contributed by atoms with Crippen LogP contribution in [-0.2, 0) is 17.8 Å². The Labute approximate surface area is 175 Å². The molecule has 5 nitrogen and oxygen atoms in total. The molecule has 3 aromatic rings. The van der Waals surface area contributed by atoms with E-state index in [2.05, 4.69) is 13.8 Å². The van der Waals surface area contributed by atoms with E-state index in [1.54, 1.807) is 23.5 Å². The summed E-state index contributed by atoms with van der Waals surface area (Å²) < 4.78 is 0. The Kier molecular flexibility index (Phi) is 6.88. The predicted octanol–water partition coefficient (Wildman–Crippen LogP) is 5.20. The lowest BCUT2D eigenvalue weighted by atomic mass is 10.0. The molecule has 0 radical (unpaired) electrons. The highest BCUT2D eigenvalue weighted by molar-refractivity contribution is 7.16. The smallest absolute Gasteiger partial charge is 0.305 e. The van der Waals surface area contributed by atoms with Gasteiger partial charge in [-0.25, -0.2) is 4.98 Å². The summed E-state index contributed by atoms with van der Waals surface area (Å²) in [4.78, 5) is 19.3. The first kappa shape index (κ1) is 20.9. The number of hydrogen-bond donors (Lipinski definition) is 2. The van der Waals surface area contributed by atoms with Crippen LogP contribution in [0.5, 0.6) is 5.75 Å². The van der Waals surface area contributed by atoms with Crippen LogP contribution >= 0.6 is 11.3 Å². The van der Waals surface area contributed by atoms with Gasteiger partial charge in [-0.15, -0.1) is 11.3 Å². The molecule has 0 spiro atoms. The molecule has 0 saturated heterocycles. The number of aliphatic carboxylic acids is 1. The second-order valence-electron chi connectivity index (χ2n) is 7.46. The van der Waals surface area contributed by atoms with Crippen molar-refractivity contribution in [1.82, 2.24) is 4.98 Å². The number of hydrogen-bond acceptors (Lipinski definition) is 5. The SMILES string of the molecule is CC(C)Cc1sc(N(CCC(=O)O)Cc2ccccc2)nc1-c1ccc(O)cc1. The number of carbonyl (C=O) groups is 1. The molecular weight excluding hydrogens is 384 g/mol. The molecular formula is C23H26N2O3S. The van der Waals surface area contributed by atoms with Gasteiger partial charge in [0, 0.05) is 23.5 Å². The Hall–Kier alpha value is -2.86. The molecule has 0 atom stereocenters. The second-order valence-corrected chi connectivity index (χ2v) is 8.53. The van der Waals surface area contributed by atoms with E-state index in [1.807, 2.05) is 47.4 Å². The van der Waals surface area contributed by atoms with Gasteiger partial charge in [0.1, 0.15) is 5.75 Å². The molecule has 0 saturated carbocycles. The summed E-state index contributed by atoms with van der Waals surface area (Å²) in [5, 5.41) is 19.6. The highest BCUT2D eigenvalue weighted by Crippen LogP contribution is 2.36. The summed E-state index contributed by atoms with van der Waals surface area (Å²) in [7, 11) is 0. The highest BCUT2D eigenvalue weighted by Gasteiger charge is 2.19. The number of aromatic hydroxyl groups is 1. The molecule has 152 valence electrons. The zero-order valence-electron chi connectivity index (χ0n) is 16.7. The Morgan fingerprint density at radius 1 is 1.10 bits per heavy atom. The number of phenolic OH excluding ortho intramolecular Hbond substituents is 1. The van der Waals surface area contributed by atoms with E-state index >= 15 is 0 Å². The summed E-state index contributed by atoms with van der Waals surface area (Å²) in [6, 6.07) is 17.1. The normalized spacial score (nSPS) is 11.0. The van der Waals surface area contributed by atoms with Crippen LogP contribution in [0, 0.1) is 5.92 Å². The molecule has 0 bridgehead atoms. The van der Waals surface area contributed by atoms with Gasteiger partial charge in [-0.1, -0.05) is 44.2 Å². The van der Waals surface area contributed by atoms with Crippen LogP contribution in [0.1, 0.15) is 30.7 Å². The fraction of sp³-hybridized carbons (Fsp3) is 0.304. The molecule has 0 aliphatic rings. The van der Waals surface area contributed by atoms with Crippen LogP contribution in [0.25, 0.3) is 11.3 Å². The van der Waals surface area contributed by atoms with Crippen molar-refractivity contribution in [3.63, 3.8) is 0 Å². The summed E-state index contributed by atoms with van der Waals surface area (Å²) in [6.07, 6.45) is 0.951. The summed E-state index contributed by atoms with van der Waals surface area (Å²) in [6.45, 7) is 5.35. The van der Waals surface area contributed by atoms with Crippen LogP contribution in [0.3, 0.4) is 0 Å². The van der Waals surface area contributed by atoms with Crippen molar-refractivity contribution >= 4 is 22.4 Å². The number of carboxylic acids is 1. The van der Waals surface area contributed by atoms with Gasteiger partial charge < -0.3 is 15.1 Å². The van der Waals surface area contributed by atoms with Crippen molar-refractivity contribution in [1.29, 1.82) is 0 Å². The average Bonchev–Trinajstić information content (AvgIpc) is 3.09. The predicted molar refractivity (Wildman–Crippen MR) is 118 cm³/mol. The van der Waals surface area contributed by atoms with Gasteiger partial charge in [0.05, 0.1) is 12.1 Å². The van der Waals surface area contributed by atoms with Gasteiger partial charge in [0.25, 0.3) is 0 Å². The van der Waals surface area contributed by atoms with E-state index in [1.165, 1.54) is 4.88 Å². The number of benzene rings is 2. The van der Waals surface area contributed by atoms with Crippen LogP contribution < -0.4 is 4.90 Å². The molecule has 1 heterocycles. The van der Waals surface area contributed by atoms with Crippen molar-refractivity contribution in [2.75, 3.05) is 11.4 Å². The maximum absolute atomic E-state index is 11.2. The highest BCUT2D eigenvalue weighted by atomic mass is 32.1. The average molecular weight is 411 g/mol. The van der Waals surface area contributed by atoms with Crippen molar-refractivity contribution in [3.05, 3.63) is 65.0 Å². The van der Waals surface area contributed by atoms with Crippen LogP contribution in [-0.4, -0.2) is 27.7 Å². The third-order valence-corrected chi connectivity index (χ3v) is 5.64. The Balaban J connectivity index is 1.97. The molecule has 0 fully saturated rings. The molecule has 1 aromatic heterocycles. The van der Waals surface area contributed by atoms with Gasteiger partial charge in [-0.2, -0.15) is 0 Å². The fourth-order valence-corrected chi connectivity index (χ4v) is 4.42. The van der Waals surface area contributed by atoms with Crippen molar-refractivity contribution in [2.24, 2.45) is 5.92 Å². The first-order valence-corrected chi connectivity index (χ1v) is 10.5. The molecule has 0 unspecified atom stereocenters. The van der Waals surface area contributed by atoms with Gasteiger partial charge in [-0.05, 0) is 42.2 Å². The molecule has 3 rings (SSSR count). The van der Waals surface area contributed by atoms with Gasteiger partial charge >= 0.3 is 5.97 Å². The molecule has 0 amide bonds. The monoisotopic (exact) mass is 410 g/mol. The van der Waals surface area contributed by atoms with E-state index in [9.17, 15) is 15.0 Å². The largest absolute Gasteiger partial charge is 0.508 e. The number of phenols is 1. The summed E-state index contributed by atoms with van der Waals surface area (Å²) in [5.41, 5.74) is 2.98. The van der Waals surface area contributed by atoms with Crippen molar-refractivity contribution in [3.8, 4) is 17.0 Å². The van der Waals surface area contributed by atoms with Crippen LogP contribution in [0.15, 0.2) is 54.6 Å². The van der Waals surface area contributed by atoms with E-state index in [-0.39, 0.29) is 12.2 Å². The quantitative estimate of drug-likeness (QED) is 0.507. The minimum absolute atomic E-state index is 0.0560. The van der Waals surface area contributed by atoms with Gasteiger partial charge in [0.2, 0.25) is 0 Å². The van der Waals surface area contributed by atoms with E-state index in [0.29, 0.717) is 19.0 Å². The third-order valence-electron chi connectivity index (χ3n) is 4.50. The molecule has 0 aliphatic heterocycles. The molecule has 6 heteroatoms. The molecule has 0 aliphatic carbocycles. The molecule has 29 heavy (non-hydrogen) atoms. The number of aromatic nitrogens is 1. The maximum atomic E-state index is 11.2. The van der Waals surface area contributed by atoms with Crippen LogP contribution in [0.2, 0.25) is 0 Å². The Morgan fingerprint density at radius 2 is 1.79 bits per heavy atom. The lowest BCUT2D eigenvalue weighted by molar-refractivity contribution is -0.136. The van der Waals surface area contributed by atoms with E-state index in [0.717, 1.165) is 28.4 Å². The first-order valence-electron chi connectivity index (χ1n) is 9.72. The maximum Gasteiger partial charge on any atom is 0.305 e. The number of anilines is 1. The second kappa shape index (κ2) is 9.56. The minimum atomic E-state index is -0.819. The number of nitrogens with zero attached hydrogens (tertiary/aromatic N) is 2. The first-order chi connectivity index (χ1) is 13.9. The topological polar surface area (TPSA) is 73.7 Å². The summed E-state index contributed by atoms with van der Waals surface area (Å²) in [5.74, 6) is -0.122. The Bertz CT molecular complexity index is 937. The summed E-state index contributed by atoms with van der Waals surface area (Å²) >= 11 is 1.63. The standard InChI is InChI=1S/C23H26N2O3S/c1-16(2)14-20-22(18-8-10-19(26)11-9-18)24-23(29-20)25(13-12-21(27)28)15-17-6-4-3-5-7-17/h3-11,16,26H,12-15H2,1-2H3,(H,27,28). The number of carboxylic acid groups (broad SMARTS) is 1. The zero-order chi connectivity index (χ0) is 20.8. The molecule has 2 N–H and O–H groups in total. The zero-order valence-corrected chi connectivity index (χ0v) is 17.5. The number of thiazole rings is 1. The fourth-order valence-electron chi connectivity index (χ4n) is 3.11.